The van der Waals surface area contributed by atoms with Crippen molar-refractivity contribution in [2.45, 2.75) is 13.8 Å². The number of carbonyl (C=O) groups is 1. The van der Waals surface area contributed by atoms with Gasteiger partial charge in [-0.05, 0) is 65.7 Å². The van der Waals surface area contributed by atoms with Gasteiger partial charge in [0.2, 0.25) is 0 Å². The molecule has 0 unspecified atom stereocenters. The summed E-state index contributed by atoms with van der Waals surface area (Å²) in [4.78, 5) is 12.2. The maximum atomic E-state index is 13.5. The van der Waals surface area contributed by atoms with Gasteiger partial charge in [0.05, 0.1) is 16.8 Å². The second kappa shape index (κ2) is 6.72. The van der Waals surface area contributed by atoms with Gasteiger partial charge in [0, 0.05) is 5.56 Å². The molecule has 0 saturated carbocycles. The minimum atomic E-state index is -0.475. The van der Waals surface area contributed by atoms with E-state index in [1.165, 1.54) is 12.1 Å². The molecule has 1 N–H and O–H groups in total. The molecule has 0 bridgehead atoms. The van der Waals surface area contributed by atoms with Crippen LogP contribution in [-0.4, -0.2) is 12.5 Å². The maximum absolute atomic E-state index is 13.5. The van der Waals surface area contributed by atoms with Crippen LogP contribution >= 0.6 is 15.9 Å². The van der Waals surface area contributed by atoms with E-state index in [2.05, 4.69) is 21.2 Å². The fourth-order valence-corrected chi connectivity index (χ4v) is 2.09. The fourth-order valence-electron chi connectivity index (χ4n) is 1.84. The van der Waals surface area contributed by atoms with Gasteiger partial charge >= 0.3 is 0 Å². The number of halogens is 2. The van der Waals surface area contributed by atoms with Gasteiger partial charge in [0.1, 0.15) is 11.6 Å². The normalized spacial score (nSPS) is 10.3. The molecule has 0 saturated heterocycles. The average molecular weight is 352 g/mol. The van der Waals surface area contributed by atoms with Crippen LogP contribution in [0, 0.1) is 12.7 Å². The molecule has 2 aromatic rings. The molecule has 0 aliphatic heterocycles. The smallest absolute Gasteiger partial charge is 0.255 e. The van der Waals surface area contributed by atoms with Gasteiger partial charge < -0.3 is 10.1 Å². The molecular weight excluding hydrogens is 337 g/mol. The lowest BCUT2D eigenvalue weighted by Gasteiger charge is -2.12. The molecule has 0 fully saturated rings. The Hall–Kier alpha value is -1.88. The molecule has 0 heterocycles. The third kappa shape index (κ3) is 3.82. The highest BCUT2D eigenvalue weighted by atomic mass is 79.9. The summed E-state index contributed by atoms with van der Waals surface area (Å²) >= 11 is 3.06. The Morgan fingerprint density at radius 2 is 2.05 bits per heavy atom. The lowest BCUT2D eigenvalue weighted by Crippen LogP contribution is -2.13. The molecule has 3 nitrogen and oxygen atoms in total. The Bertz CT molecular complexity index is 673. The molecule has 21 heavy (non-hydrogen) atoms. The lowest BCUT2D eigenvalue weighted by molar-refractivity contribution is 0.102. The summed E-state index contributed by atoms with van der Waals surface area (Å²) in [7, 11) is 0. The summed E-state index contributed by atoms with van der Waals surface area (Å²) in [5.74, 6) is -0.258. The van der Waals surface area contributed by atoms with Crippen LogP contribution < -0.4 is 10.1 Å². The molecule has 0 aliphatic rings. The van der Waals surface area contributed by atoms with E-state index < -0.39 is 5.82 Å². The quantitative estimate of drug-likeness (QED) is 0.877. The highest BCUT2D eigenvalue weighted by molar-refractivity contribution is 9.10. The zero-order chi connectivity index (χ0) is 15.4. The number of ether oxygens (including phenoxy) is 1. The van der Waals surface area contributed by atoms with E-state index in [0.29, 0.717) is 22.5 Å². The van der Waals surface area contributed by atoms with Crippen LogP contribution in [0.2, 0.25) is 0 Å². The van der Waals surface area contributed by atoms with Crippen molar-refractivity contribution in [2.24, 2.45) is 0 Å². The number of hydrogen-bond donors (Lipinski definition) is 1. The minimum Gasteiger partial charge on any atom is -0.492 e. The van der Waals surface area contributed by atoms with Crippen molar-refractivity contribution in [1.29, 1.82) is 0 Å². The highest BCUT2D eigenvalue weighted by Crippen LogP contribution is 2.26. The first-order chi connectivity index (χ1) is 10.0. The number of rotatable bonds is 4. The monoisotopic (exact) mass is 351 g/mol. The number of nitrogens with one attached hydrogen (secondary N) is 1. The van der Waals surface area contributed by atoms with Crippen LogP contribution in [-0.2, 0) is 0 Å². The number of amides is 1. The number of benzene rings is 2. The van der Waals surface area contributed by atoms with Crippen molar-refractivity contribution in [3.05, 3.63) is 57.8 Å². The van der Waals surface area contributed by atoms with Crippen LogP contribution in [0.15, 0.2) is 40.9 Å². The predicted octanol–water partition coefficient (Wildman–Crippen LogP) is 4.55. The topological polar surface area (TPSA) is 38.3 Å². The molecule has 0 radical (unpaired) electrons. The predicted molar refractivity (Wildman–Crippen MR) is 84.4 cm³/mol. The second-order valence-corrected chi connectivity index (χ2v) is 5.37. The van der Waals surface area contributed by atoms with E-state index in [0.717, 1.165) is 5.56 Å². The van der Waals surface area contributed by atoms with Crippen LogP contribution in [0.1, 0.15) is 22.8 Å². The van der Waals surface area contributed by atoms with Crippen molar-refractivity contribution in [3.63, 3.8) is 0 Å². The van der Waals surface area contributed by atoms with Gasteiger partial charge in [-0.3, -0.25) is 4.79 Å². The van der Waals surface area contributed by atoms with E-state index in [-0.39, 0.29) is 11.5 Å². The Labute approximate surface area is 131 Å². The Balaban J connectivity index is 2.24. The summed E-state index contributed by atoms with van der Waals surface area (Å²) in [5, 5.41) is 2.74. The fraction of sp³-hybridized carbons (Fsp3) is 0.188. The Morgan fingerprint density at radius 1 is 1.29 bits per heavy atom. The van der Waals surface area contributed by atoms with E-state index in [4.69, 9.17) is 4.74 Å². The number of hydrogen-bond acceptors (Lipinski definition) is 2. The molecule has 0 atom stereocenters. The zero-order valence-electron chi connectivity index (χ0n) is 11.7. The van der Waals surface area contributed by atoms with Gasteiger partial charge in [0.25, 0.3) is 5.91 Å². The van der Waals surface area contributed by atoms with Gasteiger partial charge in [-0.25, -0.2) is 4.39 Å². The third-order valence-electron chi connectivity index (χ3n) is 2.87. The summed E-state index contributed by atoms with van der Waals surface area (Å²) in [6.07, 6.45) is 0. The largest absolute Gasteiger partial charge is 0.492 e. The molecule has 0 aromatic heterocycles. The van der Waals surface area contributed by atoms with Gasteiger partial charge in [-0.15, -0.1) is 0 Å². The average Bonchev–Trinajstić information content (AvgIpc) is 2.45. The Kier molecular flexibility index (Phi) is 4.96. The molecule has 2 rings (SSSR count). The lowest BCUT2D eigenvalue weighted by atomic mass is 10.1. The summed E-state index contributed by atoms with van der Waals surface area (Å²) in [6.45, 7) is 4.31. The second-order valence-electron chi connectivity index (χ2n) is 4.52. The maximum Gasteiger partial charge on any atom is 0.255 e. The third-order valence-corrected chi connectivity index (χ3v) is 3.51. The molecular formula is C16H15BrFNO2. The van der Waals surface area contributed by atoms with Crippen molar-refractivity contribution >= 4 is 27.5 Å². The van der Waals surface area contributed by atoms with Gasteiger partial charge in [-0.1, -0.05) is 6.07 Å². The summed E-state index contributed by atoms with van der Waals surface area (Å²) in [6, 6.07) is 9.74. The summed E-state index contributed by atoms with van der Waals surface area (Å²) in [5.41, 5.74) is 1.85. The molecule has 0 spiro atoms. The highest BCUT2D eigenvalue weighted by Gasteiger charge is 2.12. The standard InChI is InChI=1S/C16H15BrFNO2/c1-3-21-15-8-10(2)4-7-14(15)19-16(20)11-5-6-12(17)13(18)9-11/h4-9H,3H2,1-2H3,(H,19,20). The Morgan fingerprint density at radius 3 is 2.71 bits per heavy atom. The van der Waals surface area contributed by atoms with Crippen molar-refractivity contribution in [3.8, 4) is 5.75 Å². The van der Waals surface area contributed by atoms with E-state index in [1.54, 1.807) is 12.1 Å². The van der Waals surface area contributed by atoms with Crippen LogP contribution in [0.3, 0.4) is 0 Å². The summed E-state index contributed by atoms with van der Waals surface area (Å²) < 4.78 is 19.3. The molecule has 0 aliphatic carbocycles. The van der Waals surface area contributed by atoms with E-state index in [9.17, 15) is 9.18 Å². The number of carbonyl (C=O) groups excluding carboxylic acids is 1. The first-order valence-electron chi connectivity index (χ1n) is 6.51. The van der Waals surface area contributed by atoms with E-state index >= 15 is 0 Å². The van der Waals surface area contributed by atoms with Crippen LogP contribution in [0.25, 0.3) is 0 Å². The number of anilines is 1. The van der Waals surface area contributed by atoms with Crippen molar-refractivity contribution < 1.29 is 13.9 Å². The molecule has 2 aromatic carbocycles. The minimum absolute atomic E-state index is 0.249. The zero-order valence-corrected chi connectivity index (χ0v) is 13.3. The van der Waals surface area contributed by atoms with E-state index in [1.807, 2.05) is 26.0 Å². The number of aryl methyl sites for hydroxylation is 1. The SMILES string of the molecule is CCOc1cc(C)ccc1NC(=O)c1ccc(Br)c(F)c1. The first-order valence-corrected chi connectivity index (χ1v) is 7.30. The van der Waals surface area contributed by atoms with Crippen molar-refractivity contribution in [1.82, 2.24) is 0 Å². The molecule has 1 amide bonds. The molecule has 5 heteroatoms. The van der Waals surface area contributed by atoms with Gasteiger partial charge in [-0.2, -0.15) is 0 Å². The van der Waals surface area contributed by atoms with Crippen LogP contribution in [0.5, 0.6) is 5.75 Å². The molecule has 110 valence electrons. The van der Waals surface area contributed by atoms with Crippen molar-refractivity contribution in [2.75, 3.05) is 11.9 Å². The van der Waals surface area contributed by atoms with Crippen LogP contribution in [0.4, 0.5) is 10.1 Å². The first kappa shape index (κ1) is 15.5. The van der Waals surface area contributed by atoms with Gasteiger partial charge in [0.15, 0.2) is 0 Å².